The standard InChI is InChI=1S/C8H14FN3O5/c9-3-4-5(13)6(14)7(15)8(17-4)16-2-1-11-12-10/h4-8,13-15H,1-3H2/t4-,5-,6+,7-,8?/m1/s1. The molecular weight excluding hydrogens is 237 g/mol. The minimum Gasteiger partial charge on any atom is -0.387 e. The van der Waals surface area contributed by atoms with E-state index in [0.29, 0.717) is 0 Å². The first-order valence-corrected chi connectivity index (χ1v) is 5.00. The van der Waals surface area contributed by atoms with E-state index in [9.17, 15) is 19.7 Å². The smallest absolute Gasteiger partial charge is 0.186 e. The number of hydrogen-bond acceptors (Lipinski definition) is 6. The molecule has 0 aromatic carbocycles. The zero-order chi connectivity index (χ0) is 12.8. The Hall–Kier alpha value is -0.960. The van der Waals surface area contributed by atoms with Crippen molar-refractivity contribution in [2.45, 2.75) is 30.7 Å². The summed E-state index contributed by atoms with van der Waals surface area (Å²) in [6, 6.07) is 0. The van der Waals surface area contributed by atoms with Crippen LogP contribution < -0.4 is 0 Å². The molecule has 1 saturated heterocycles. The van der Waals surface area contributed by atoms with Gasteiger partial charge in [-0.1, -0.05) is 5.11 Å². The quantitative estimate of drug-likeness (QED) is 0.252. The van der Waals surface area contributed by atoms with E-state index >= 15 is 0 Å². The summed E-state index contributed by atoms with van der Waals surface area (Å²) in [5, 5.41) is 31.4. The maximum Gasteiger partial charge on any atom is 0.186 e. The molecule has 1 fully saturated rings. The molecular formula is C8H14FN3O5. The van der Waals surface area contributed by atoms with Crippen molar-refractivity contribution >= 4 is 0 Å². The number of nitrogens with zero attached hydrogens (tertiary/aromatic N) is 3. The Bertz CT molecular complexity index is 286. The van der Waals surface area contributed by atoms with Crippen LogP contribution in [0.2, 0.25) is 0 Å². The molecule has 0 aromatic rings. The largest absolute Gasteiger partial charge is 0.387 e. The number of hydrogen-bond donors (Lipinski definition) is 3. The second-order valence-corrected chi connectivity index (χ2v) is 3.49. The molecule has 0 spiro atoms. The normalized spacial score (nSPS) is 37.5. The van der Waals surface area contributed by atoms with E-state index in [0.717, 1.165) is 0 Å². The summed E-state index contributed by atoms with van der Waals surface area (Å²) in [4.78, 5) is 2.49. The zero-order valence-electron chi connectivity index (χ0n) is 8.89. The molecule has 0 aromatic heterocycles. The highest BCUT2D eigenvalue weighted by Crippen LogP contribution is 2.22. The molecule has 9 heteroatoms. The van der Waals surface area contributed by atoms with E-state index in [1.165, 1.54) is 0 Å². The van der Waals surface area contributed by atoms with Crippen LogP contribution >= 0.6 is 0 Å². The molecule has 1 unspecified atom stereocenters. The van der Waals surface area contributed by atoms with Crippen LogP contribution in [0.1, 0.15) is 0 Å². The molecule has 0 bridgehead atoms. The molecule has 0 saturated carbocycles. The van der Waals surface area contributed by atoms with Gasteiger partial charge in [0, 0.05) is 11.5 Å². The van der Waals surface area contributed by atoms with Gasteiger partial charge in [-0.25, -0.2) is 4.39 Å². The monoisotopic (exact) mass is 251 g/mol. The Labute approximate surface area is 96.2 Å². The van der Waals surface area contributed by atoms with Gasteiger partial charge >= 0.3 is 0 Å². The highest BCUT2D eigenvalue weighted by Gasteiger charge is 2.44. The van der Waals surface area contributed by atoms with Crippen LogP contribution in [0.4, 0.5) is 4.39 Å². The third kappa shape index (κ3) is 3.50. The van der Waals surface area contributed by atoms with Gasteiger partial charge in [0.05, 0.1) is 6.61 Å². The van der Waals surface area contributed by atoms with Crippen LogP contribution in [0.3, 0.4) is 0 Å². The average Bonchev–Trinajstić information content (AvgIpc) is 2.34. The molecule has 1 aliphatic heterocycles. The van der Waals surface area contributed by atoms with Crippen LogP contribution in [0, 0.1) is 0 Å². The van der Waals surface area contributed by atoms with Crippen molar-refractivity contribution in [1.82, 2.24) is 0 Å². The maximum atomic E-state index is 12.4. The van der Waals surface area contributed by atoms with Crippen molar-refractivity contribution in [2.24, 2.45) is 5.11 Å². The number of halogens is 1. The van der Waals surface area contributed by atoms with Crippen molar-refractivity contribution in [2.75, 3.05) is 19.8 Å². The second kappa shape index (κ2) is 6.70. The first kappa shape index (κ1) is 14.1. The van der Waals surface area contributed by atoms with Gasteiger partial charge in [-0.3, -0.25) is 0 Å². The number of aliphatic hydroxyl groups is 3. The van der Waals surface area contributed by atoms with Gasteiger partial charge in [-0.2, -0.15) is 0 Å². The van der Waals surface area contributed by atoms with E-state index in [-0.39, 0.29) is 13.2 Å². The Kier molecular flexibility index (Phi) is 5.56. The lowest BCUT2D eigenvalue weighted by Crippen LogP contribution is -2.58. The summed E-state index contributed by atoms with van der Waals surface area (Å²) in [7, 11) is 0. The summed E-state index contributed by atoms with van der Waals surface area (Å²) >= 11 is 0. The molecule has 98 valence electrons. The number of alkyl halides is 1. The van der Waals surface area contributed by atoms with Gasteiger partial charge in [-0.15, -0.1) is 0 Å². The van der Waals surface area contributed by atoms with Gasteiger partial charge in [0.15, 0.2) is 6.29 Å². The van der Waals surface area contributed by atoms with E-state index in [4.69, 9.17) is 15.0 Å². The summed E-state index contributed by atoms with van der Waals surface area (Å²) in [5.74, 6) is 0. The van der Waals surface area contributed by atoms with Crippen LogP contribution in [0.25, 0.3) is 10.4 Å². The number of aliphatic hydroxyl groups excluding tert-OH is 3. The molecule has 1 aliphatic rings. The summed E-state index contributed by atoms with van der Waals surface area (Å²) < 4.78 is 22.3. The SMILES string of the molecule is [N-]=[N+]=NCCOC1O[C@H](CF)[C@@H](O)[C@H](O)[C@H]1O. The zero-order valence-corrected chi connectivity index (χ0v) is 8.89. The van der Waals surface area contributed by atoms with Gasteiger partial charge in [0.25, 0.3) is 0 Å². The van der Waals surface area contributed by atoms with E-state index in [1.807, 2.05) is 0 Å². The summed E-state index contributed by atoms with van der Waals surface area (Å²) in [6.07, 6.45) is -7.05. The number of azide groups is 1. The lowest BCUT2D eigenvalue weighted by atomic mass is 10.00. The van der Waals surface area contributed by atoms with E-state index in [2.05, 4.69) is 10.0 Å². The van der Waals surface area contributed by atoms with Crippen molar-refractivity contribution in [3.63, 3.8) is 0 Å². The van der Waals surface area contributed by atoms with Crippen LogP contribution in [-0.4, -0.2) is 65.9 Å². The second-order valence-electron chi connectivity index (χ2n) is 3.49. The van der Waals surface area contributed by atoms with Gasteiger partial charge in [0.2, 0.25) is 0 Å². The topological polar surface area (TPSA) is 128 Å². The highest BCUT2D eigenvalue weighted by molar-refractivity contribution is 4.88. The minimum absolute atomic E-state index is 0.0159. The Morgan fingerprint density at radius 3 is 2.59 bits per heavy atom. The van der Waals surface area contributed by atoms with Crippen LogP contribution in [0.5, 0.6) is 0 Å². The van der Waals surface area contributed by atoms with Crippen molar-refractivity contribution in [3.8, 4) is 0 Å². The first-order valence-electron chi connectivity index (χ1n) is 5.00. The van der Waals surface area contributed by atoms with Crippen LogP contribution in [0.15, 0.2) is 5.11 Å². The third-order valence-electron chi connectivity index (χ3n) is 2.36. The molecule has 3 N–H and O–H groups in total. The van der Waals surface area contributed by atoms with Gasteiger partial charge in [0.1, 0.15) is 31.1 Å². The van der Waals surface area contributed by atoms with Crippen molar-refractivity contribution in [3.05, 3.63) is 10.4 Å². The molecule has 1 rings (SSSR count). The first-order chi connectivity index (χ1) is 8.11. The molecule has 17 heavy (non-hydrogen) atoms. The minimum atomic E-state index is -1.55. The molecule has 1 heterocycles. The Balaban J connectivity index is 2.50. The molecule has 5 atom stereocenters. The predicted octanol–water partition coefficient (Wildman–Crippen LogP) is -0.910. The van der Waals surface area contributed by atoms with Gasteiger partial charge in [-0.05, 0) is 5.53 Å². The Morgan fingerprint density at radius 1 is 1.29 bits per heavy atom. The fraction of sp³-hybridized carbons (Fsp3) is 1.00. The Morgan fingerprint density at radius 2 is 2.00 bits per heavy atom. The third-order valence-corrected chi connectivity index (χ3v) is 2.36. The van der Waals surface area contributed by atoms with Crippen molar-refractivity contribution < 1.29 is 29.2 Å². The molecule has 8 nitrogen and oxygen atoms in total. The summed E-state index contributed by atoms with van der Waals surface area (Å²) in [6.45, 7) is -1.04. The maximum absolute atomic E-state index is 12.4. The molecule has 0 aliphatic carbocycles. The van der Waals surface area contributed by atoms with Crippen molar-refractivity contribution in [1.29, 1.82) is 0 Å². The molecule has 0 radical (unpaired) electrons. The lowest BCUT2D eigenvalue weighted by Gasteiger charge is -2.39. The predicted molar refractivity (Wildman–Crippen MR) is 52.6 cm³/mol. The van der Waals surface area contributed by atoms with Crippen LogP contribution in [-0.2, 0) is 9.47 Å². The van der Waals surface area contributed by atoms with Gasteiger partial charge < -0.3 is 24.8 Å². The van der Waals surface area contributed by atoms with E-state index < -0.39 is 37.4 Å². The fourth-order valence-corrected chi connectivity index (χ4v) is 1.44. The lowest BCUT2D eigenvalue weighted by molar-refractivity contribution is -0.297. The highest BCUT2D eigenvalue weighted by atomic mass is 19.1. The number of ether oxygens (including phenoxy) is 2. The van der Waals surface area contributed by atoms with E-state index in [1.54, 1.807) is 0 Å². The molecule has 0 amide bonds. The summed E-state index contributed by atoms with van der Waals surface area (Å²) in [5.41, 5.74) is 8.01. The number of rotatable bonds is 5. The fourth-order valence-electron chi connectivity index (χ4n) is 1.44. The average molecular weight is 251 g/mol.